The van der Waals surface area contributed by atoms with E-state index >= 15 is 0 Å². The van der Waals surface area contributed by atoms with Crippen molar-refractivity contribution in [2.24, 2.45) is 11.8 Å². The van der Waals surface area contributed by atoms with Gasteiger partial charge in [-0.1, -0.05) is 13.8 Å². The first-order valence-electron chi connectivity index (χ1n) is 3.14. The topological polar surface area (TPSA) is 60.3 Å². The molecule has 0 aromatic carbocycles. The van der Waals surface area contributed by atoms with E-state index in [-0.39, 0.29) is 11.8 Å². The molecule has 0 bridgehead atoms. The first kappa shape index (κ1) is 7.21. The van der Waals surface area contributed by atoms with Gasteiger partial charge in [0.05, 0.1) is 11.8 Å². The molecule has 4 nitrogen and oxygen atoms in total. The zero-order valence-electron chi connectivity index (χ0n) is 5.92. The van der Waals surface area contributed by atoms with E-state index < -0.39 is 11.8 Å². The monoisotopic (exact) mass is 144 g/mol. The highest BCUT2D eigenvalue weighted by atomic mass is 16.5. The SMILES string of the molecule is CC1C(=O)N([OH2+])C(=O)C1C. The summed E-state index contributed by atoms with van der Waals surface area (Å²) in [5, 5.41) is 7.39. The van der Waals surface area contributed by atoms with Gasteiger partial charge in [-0.05, 0) is 5.06 Å². The fraction of sp³-hybridized carbons (Fsp3) is 0.667. The van der Waals surface area contributed by atoms with Crippen LogP contribution < -0.4 is 0 Å². The van der Waals surface area contributed by atoms with Crippen LogP contribution in [0.3, 0.4) is 0 Å². The van der Waals surface area contributed by atoms with Gasteiger partial charge in [0, 0.05) is 0 Å². The molecule has 2 N–H and O–H groups in total. The molecule has 56 valence electrons. The molecule has 0 spiro atoms. The Kier molecular flexibility index (Phi) is 1.48. The van der Waals surface area contributed by atoms with E-state index in [0.717, 1.165) is 0 Å². The molecule has 0 aliphatic carbocycles. The summed E-state index contributed by atoms with van der Waals surface area (Å²) >= 11 is 0. The second kappa shape index (κ2) is 2.05. The molecule has 1 fully saturated rings. The average molecular weight is 144 g/mol. The van der Waals surface area contributed by atoms with Crippen molar-refractivity contribution in [1.82, 2.24) is 5.06 Å². The molecule has 2 unspecified atom stereocenters. The third kappa shape index (κ3) is 0.724. The van der Waals surface area contributed by atoms with E-state index in [0.29, 0.717) is 5.06 Å². The fourth-order valence-electron chi connectivity index (χ4n) is 0.944. The summed E-state index contributed by atoms with van der Waals surface area (Å²) in [6, 6.07) is 0. The molecular formula is C6H10NO3+. The lowest BCUT2D eigenvalue weighted by atomic mass is 10.00. The molecule has 1 rings (SSSR count). The maximum Gasteiger partial charge on any atom is 0.299 e. The molecule has 1 aliphatic rings. The van der Waals surface area contributed by atoms with Gasteiger partial charge in [0.1, 0.15) is 0 Å². The Morgan fingerprint density at radius 2 is 1.50 bits per heavy atom. The standard InChI is InChI=1S/C6H9NO3/c1-3-4(2)6(9)7(10)5(3)8/h3-4,10H,1-2H3/p+1. The molecule has 0 aromatic rings. The Labute approximate surface area is 58.4 Å². The Morgan fingerprint density at radius 1 is 1.20 bits per heavy atom. The molecule has 0 saturated carbocycles. The number of hydroxylamine groups is 2. The molecule has 2 amide bonds. The van der Waals surface area contributed by atoms with Crippen LogP contribution in [0.2, 0.25) is 0 Å². The number of amides is 2. The smallest absolute Gasteiger partial charge is 0.299 e. The summed E-state index contributed by atoms with van der Waals surface area (Å²) in [5.74, 6) is -1.41. The summed E-state index contributed by atoms with van der Waals surface area (Å²) in [5.41, 5.74) is 0. The zero-order chi connectivity index (χ0) is 7.89. The molecule has 4 heteroatoms. The third-order valence-electron chi connectivity index (χ3n) is 1.97. The number of nitrogens with zero attached hydrogens (tertiary/aromatic N) is 1. The van der Waals surface area contributed by atoms with Crippen molar-refractivity contribution in [3.8, 4) is 0 Å². The molecule has 10 heavy (non-hydrogen) atoms. The van der Waals surface area contributed by atoms with Crippen molar-refractivity contribution in [2.75, 3.05) is 0 Å². The summed E-state index contributed by atoms with van der Waals surface area (Å²) < 4.78 is 0. The molecule has 2 atom stereocenters. The zero-order valence-corrected chi connectivity index (χ0v) is 5.92. The fourth-order valence-corrected chi connectivity index (χ4v) is 0.944. The summed E-state index contributed by atoms with van der Waals surface area (Å²) in [7, 11) is 0. The highest BCUT2D eigenvalue weighted by Gasteiger charge is 2.45. The van der Waals surface area contributed by atoms with E-state index in [1.54, 1.807) is 13.8 Å². The molecule has 0 radical (unpaired) electrons. The first-order chi connectivity index (χ1) is 4.55. The van der Waals surface area contributed by atoms with Gasteiger partial charge in [0.15, 0.2) is 0 Å². The Bertz CT molecular complexity index is 169. The Hall–Kier alpha value is -0.900. The van der Waals surface area contributed by atoms with Crippen LogP contribution in [-0.2, 0) is 9.59 Å². The number of hydrogen-bond acceptors (Lipinski definition) is 2. The maximum atomic E-state index is 10.8. The van der Waals surface area contributed by atoms with Crippen molar-refractivity contribution < 1.29 is 14.8 Å². The normalized spacial score (nSPS) is 33.7. The van der Waals surface area contributed by atoms with Gasteiger partial charge >= 0.3 is 0 Å². The lowest BCUT2D eigenvalue weighted by Crippen LogP contribution is -2.26. The van der Waals surface area contributed by atoms with Crippen molar-refractivity contribution in [2.45, 2.75) is 13.8 Å². The van der Waals surface area contributed by atoms with Crippen molar-refractivity contribution >= 4 is 11.8 Å². The summed E-state index contributed by atoms with van der Waals surface area (Å²) in [4.78, 5) is 21.7. The third-order valence-corrected chi connectivity index (χ3v) is 1.97. The van der Waals surface area contributed by atoms with Crippen molar-refractivity contribution in [3.63, 3.8) is 0 Å². The van der Waals surface area contributed by atoms with E-state index in [4.69, 9.17) is 5.21 Å². The second-order valence-electron chi connectivity index (χ2n) is 2.59. The second-order valence-corrected chi connectivity index (χ2v) is 2.59. The molecule has 1 aliphatic heterocycles. The summed E-state index contributed by atoms with van der Waals surface area (Å²) in [6.07, 6.45) is 0. The quantitative estimate of drug-likeness (QED) is 0.332. The van der Waals surface area contributed by atoms with Gasteiger partial charge in [-0.2, -0.15) is 0 Å². The molecule has 1 heterocycles. The number of hydrogen-bond donors (Lipinski definition) is 0. The van der Waals surface area contributed by atoms with Gasteiger partial charge in [-0.3, -0.25) is 9.59 Å². The number of imide groups is 1. The van der Waals surface area contributed by atoms with Gasteiger partial charge in [-0.15, -0.1) is 0 Å². The van der Waals surface area contributed by atoms with Crippen LogP contribution in [0, 0.1) is 11.8 Å². The molecular weight excluding hydrogens is 134 g/mol. The van der Waals surface area contributed by atoms with Crippen LogP contribution in [0.4, 0.5) is 0 Å². The van der Waals surface area contributed by atoms with E-state index in [9.17, 15) is 9.59 Å². The largest absolute Gasteiger partial charge is 0.301 e. The van der Waals surface area contributed by atoms with Gasteiger partial charge in [0.25, 0.3) is 11.8 Å². The van der Waals surface area contributed by atoms with Crippen LogP contribution in [0.25, 0.3) is 0 Å². The van der Waals surface area contributed by atoms with E-state index in [1.807, 2.05) is 0 Å². The van der Waals surface area contributed by atoms with Crippen LogP contribution in [0.15, 0.2) is 0 Å². The minimum absolute atomic E-state index is 0.315. The molecule has 1 saturated heterocycles. The lowest BCUT2D eigenvalue weighted by molar-refractivity contribution is -0.172. The number of rotatable bonds is 0. The van der Waals surface area contributed by atoms with Crippen LogP contribution in [0.5, 0.6) is 0 Å². The summed E-state index contributed by atoms with van der Waals surface area (Å²) in [6.45, 7) is 3.33. The predicted octanol–water partition coefficient (Wildman–Crippen LogP) is -0.733. The Balaban J connectivity index is 2.89. The van der Waals surface area contributed by atoms with E-state index in [1.165, 1.54) is 0 Å². The lowest BCUT2D eigenvalue weighted by Gasteiger charge is -1.97. The number of carbonyl (C=O) groups is 2. The maximum absolute atomic E-state index is 10.8. The van der Waals surface area contributed by atoms with Gasteiger partial charge < -0.3 is 5.21 Å². The average Bonchev–Trinajstić information content (AvgIpc) is 2.07. The van der Waals surface area contributed by atoms with Crippen molar-refractivity contribution in [3.05, 3.63) is 0 Å². The van der Waals surface area contributed by atoms with Crippen LogP contribution in [0.1, 0.15) is 13.8 Å². The Morgan fingerprint density at radius 3 is 1.60 bits per heavy atom. The minimum atomic E-state index is -0.391. The van der Waals surface area contributed by atoms with Gasteiger partial charge in [-0.25, -0.2) is 0 Å². The highest BCUT2D eigenvalue weighted by Crippen LogP contribution is 2.23. The molecule has 0 aromatic heterocycles. The predicted molar refractivity (Wildman–Crippen MR) is 33.8 cm³/mol. The van der Waals surface area contributed by atoms with Crippen LogP contribution >= 0.6 is 0 Å². The minimum Gasteiger partial charge on any atom is -0.301 e. The first-order valence-corrected chi connectivity index (χ1v) is 3.14. The van der Waals surface area contributed by atoms with E-state index in [2.05, 4.69) is 0 Å². The number of carbonyl (C=O) groups excluding carboxylic acids is 2. The van der Waals surface area contributed by atoms with Crippen LogP contribution in [-0.4, -0.2) is 22.1 Å². The highest BCUT2D eigenvalue weighted by molar-refractivity contribution is 6.03. The van der Waals surface area contributed by atoms with Gasteiger partial charge in [0.2, 0.25) is 0 Å². The van der Waals surface area contributed by atoms with Crippen molar-refractivity contribution in [1.29, 1.82) is 0 Å².